The topological polar surface area (TPSA) is 32.7 Å². The van der Waals surface area contributed by atoms with Crippen LogP contribution in [0.2, 0.25) is 0 Å². The van der Waals surface area contributed by atoms with Crippen molar-refractivity contribution in [1.29, 1.82) is 0 Å². The fraction of sp³-hybridized carbons (Fsp3) is 0.833. The molecule has 0 saturated carbocycles. The summed E-state index contributed by atoms with van der Waals surface area (Å²) in [5, 5.41) is 8.41. The van der Waals surface area contributed by atoms with E-state index in [1.807, 2.05) is 0 Å². The first-order valence-corrected chi connectivity index (χ1v) is 3.19. The van der Waals surface area contributed by atoms with E-state index in [4.69, 9.17) is 9.84 Å². The van der Waals surface area contributed by atoms with Gasteiger partial charge in [0.05, 0.1) is 13.2 Å². The molecule has 1 saturated heterocycles. The summed E-state index contributed by atoms with van der Waals surface area (Å²) < 4.78 is 5.11. The Morgan fingerprint density at radius 1 is 1.40 bits per heavy atom. The normalized spacial score (nSPS) is 20.1. The molecule has 0 aromatic rings. The Labute approximate surface area is 74.1 Å². The molecule has 0 aromatic carbocycles. The summed E-state index contributed by atoms with van der Waals surface area (Å²) in [6, 6.07) is 0. The Morgan fingerprint density at radius 3 is 2.50 bits per heavy atom. The van der Waals surface area contributed by atoms with Crippen LogP contribution in [0.5, 0.6) is 0 Å². The van der Waals surface area contributed by atoms with Crippen molar-refractivity contribution in [3.63, 3.8) is 0 Å². The van der Waals surface area contributed by atoms with Gasteiger partial charge in [0.2, 0.25) is 0 Å². The summed E-state index contributed by atoms with van der Waals surface area (Å²) in [6.45, 7) is 5.34. The molecule has 0 aliphatic carbocycles. The molecule has 4 heteroatoms. The van der Waals surface area contributed by atoms with E-state index in [0.717, 1.165) is 26.3 Å². The summed E-state index contributed by atoms with van der Waals surface area (Å²) in [7, 11) is 0. The molecular weight excluding hydrogens is 219 g/mol. The first-order valence-electron chi connectivity index (χ1n) is 3.19. The van der Waals surface area contributed by atoms with E-state index in [1.54, 1.807) is 0 Å². The van der Waals surface area contributed by atoms with Gasteiger partial charge in [0.25, 0.3) is 0 Å². The second-order valence-electron chi connectivity index (χ2n) is 2.10. The minimum atomic E-state index is 0. The van der Waals surface area contributed by atoms with Crippen molar-refractivity contribution in [2.75, 3.05) is 32.8 Å². The smallest absolute Gasteiger partial charge is 0.565 e. The van der Waals surface area contributed by atoms with Crippen molar-refractivity contribution >= 4 is 0 Å². The van der Waals surface area contributed by atoms with Gasteiger partial charge in [-0.3, -0.25) is 0 Å². The second-order valence-corrected chi connectivity index (χ2v) is 2.10. The summed E-state index contributed by atoms with van der Waals surface area (Å²) in [5.41, 5.74) is 0. The number of morpholine rings is 1. The summed E-state index contributed by atoms with van der Waals surface area (Å²) in [5.74, 6) is 0. The van der Waals surface area contributed by atoms with E-state index in [9.17, 15) is 0 Å². The van der Waals surface area contributed by atoms with Crippen LogP contribution < -0.4 is 0 Å². The average molecular weight is 231 g/mol. The molecule has 1 fully saturated rings. The number of aliphatic hydroxyl groups is 1. The molecule has 61 valence electrons. The van der Waals surface area contributed by atoms with Gasteiger partial charge >= 0.3 is 19.5 Å². The van der Waals surface area contributed by atoms with E-state index >= 15 is 0 Å². The molecule has 3 nitrogen and oxygen atoms in total. The molecule has 0 amide bonds. The van der Waals surface area contributed by atoms with Gasteiger partial charge in [-0.25, -0.2) is 6.61 Å². The monoisotopic (exact) mass is 232 g/mol. The van der Waals surface area contributed by atoms with Crippen molar-refractivity contribution in [2.45, 2.75) is 0 Å². The van der Waals surface area contributed by atoms with Crippen LogP contribution in [0.4, 0.5) is 0 Å². The third-order valence-corrected chi connectivity index (χ3v) is 1.44. The van der Waals surface area contributed by atoms with Gasteiger partial charge in [0, 0.05) is 13.1 Å². The van der Waals surface area contributed by atoms with Gasteiger partial charge in [0.1, 0.15) is 0 Å². The van der Waals surface area contributed by atoms with E-state index in [1.165, 1.54) is 6.61 Å². The van der Waals surface area contributed by atoms with Crippen molar-refractivity contribution in [3.8, 4) is 0 Å². The minimum Gasteiger partial charge on any atom is -0.565 e. The van der Waals surface area contributed by atoms with Crippen LogP contribution in [0, 0.1) is 6.61 Å². The molecular formula is C6H12NO2Ru. The van der Waals surface area contributed by atoms with E-state index in [2.05, 4.69) is 4.90 Å². The van der Waals surface area contributed by atoms with Gasteiger partial charge in [0.15, 0.2) is 0 Å². The van der Waals surface area contributed by atoms with Crippen LogP contribution in [0.15, 0.2) is 0 Å². The van der Waals surface area contributed by atoms with Crippen molar-refractivity contribution in [2.24, 2.45) is 0 Å². The Morgan fingerprint density at radius 2 is 2.00 bits per heavy atom. The van der Waals surface area contributed by atoms with Gasteiger partial charge in [-0.15, -0.1) is 6.54 Å². The standard InChI is InChI=1S/C6H12NO2.Ru/c8-4-1-7-2-5-9-6-3-7;/h4,8H,1-3,5-6H2;/q-1;+1. The Bertz CT molecular complexity index is 73.4. The second kappa shape index (κ2) is 6.23. The quantitative estimate of drug-likeness (QED) is 0.530. The third-order valence-electron chi connectivity index (χ3n) is 1.44. The van der Waals surface area contributed by atoms with Crippen LogP contribution in [0.3, 0.4) is 0 Å². The maximum Gasteiger partial charge on any atom is 1.00 e. The molecule has 1 radical (unpaired) electrons. The Kier molecular flexibility index (Phi) is 6.54. The molecule has 0 aromatic heterocycles. The predicted octanol–water partition coefficient (Wildman–Crippen LogP) is -0.150. The molecule has 1 N–H and O–H groups in total. The largest absolute Gasteiger partial charge is 1.00 e. The molecule has 0 bridgehead atoms. The van der Waals surface area contributed by atoms with E-state index < -0.39 is 0 Å². The number of hydrogen-bond donors (Lipinski definition) is 1. The minimum absolute atomic E-state index is 0. The maximum atomic E-state index is 8.41. The molecule has 1 aliphatic heterocycles. The van der Waals surface area contributed by atoms with Gasteiger partial charge in [-0.2, -0.15) is 0 Å². The number of hydrogen-bond acceptors (Lipinski definition) is 3. The first-order chi connectivity index (χ1) is 4.43. The molecule has 10 heavy (non-hydrogen) atoms. The summed E-state index contributed by atoms with van der Waals surface area (Å²) >= 11 is 0. The van der Waals surface area contributed by atoms with Gasteiger partial charge in [-0.05, 0) is 0 Å². The molecule has 1 heterocycles. The number of aliphatic hydroxyl groups excluding tert-OH is 1. The van der Waals surface area contributed by atoms with Crippen molar-refractivity contribution in [1.82, 2.24) is 4.90 Å². The van der Waals surface area contributed by atoms with Crippen LogP contribution in [0.1, 0.15) is 0 Å². The van der Waals surface area contributed by atoms with E-state index in [0.29, 0.717) is 6.54 Å². The zero-order valence-corrected chi connectivity index (χ0v) is 7.51. The number of nitrogens with zero attached hydrogens (tertiary/aromatic N) is 1. The SMILES string of the molecule is O[CH-]CN1CCOCC1.[Ru+]. The average Bonchev–Trinajstić information content (AvgIpc) is 1.91. The zero-order chi connectivity index (χ0) is 6.53. The molecule has 1 aliphatic rings. The van der Waals surface area contributed by atoms with E-state index in [-0.39, 0.29) is 19.5 Å². The molecule has 0 unspecified atom stereocenters. The van der Waals surface area contributed by atoms with Crippen LogP contribution in [-0.2, 0) is 24.2 Å². The van der Waals surface area contributed by atoms with Gasteiger partial charge < -0.3 is 14.7 Å². The van der Waals surface area contributed by atoms with Crippen LogP contribution in [-0.4, -0.2) is 42.9 Å². The Balaban J connectivity index is 0.000000810. The molecule has 1 rings (SSSR count). The Hall–Kier alpha value is 0.503. The third kappa shape index (κ3) is 3.62. The number of ether oxygens (including phenoxy) is 1. The maximum absolute atomic E-state index is 8.41. The van der Waals surface area contributed by atoms with Crippen LogP contribution in [0.25, 0.3) is 0 Å². The van der Waals surface area contributed by atoms with Crippen molar-refractivity contribution < 1.29 is 29.3 Å². The predicted molar refractivity (Wildman–Crippen MR) is 33.5 cm³/mol. The summed E-state index contributed by atoms with van der Waals surface area (Å²) in [6.07, 6.45) is 0. The first kappa shape index (κ1) is 10.5. The molecule has 0 spiro atoms. The fourth-order valence-corrected chi connectivity index (χ4v) is 0.899. The summed E-state index contributed by atoms with van der Waals surface area (Å²) in [4.78, 5) is 2.14. The number of rotatable bonds is 2. The van der Waals surface area contributed by atoms with Crippen LogP contribution >= 0.6 is 0 Å². The fourth-order valence-electron chi connectivity index (χ4n) is 0.899. The molecule has 0 atom stereocenters. The van der Waals surface area contributed by atoms with Crippen molar-refractivity contribution in [3.05, 3.63) is 6.61 Å². The van der Waals surface area contributed by atoms with Gasteiger partial charge in [-0.1, -0.05) is 0 Å². The zero-order valence-electron chi connectivity index (χ0n) is 5.77.